The zero-order valence-electron chi connectivity index (χ0n) is 22.8. The van der Waals surface area contributed by atoms with Gasteiger partial charge in [-0.1, -0.05) is 20.3 Å². The second kappa shape index (κ2) is 16.0. The van der Waals surface area contributed by atoms with Crippen LogP contribution in [-0.4, -0.2) is 54.6 Å². The number of ether oxygens (including phenoxy) is 1. The Morgan fingerprint density at radius 2 is 1.39 bits per heavy atom. The molecule has 1 N–H and O–H groups in total. The van der Waals surface area contributed by atoms with Gasteiger partial charge in [-0.3, -0.25) is 4.79 Å². The van der Waals surface area contributed by atoms with E-state index in [1.54, 1.807) is 27.7 Å². The molecule has 190 valence electrons. The van der Waals surface area contributed by atoms with E-state index in [1.165, 1.54) is 43.5 Å². The molecule has 5 nitrogen and oxygen atoms in total. The Morgan fingerprint density at radius 1 is 0.939 bits per heavy atom. The predicted molar refractivity (Wildman–Crippen MR) is 138 cm³/mol. The van der Waals surface area contributed by atoms with Crippen LogP contribution >= 0.6 is 0 Å². The van der Waals surface area contributed by atoms with Crippen molar-refractivity contribution in [3.8, 4) is 0 Å². The Bertz CT molecular complexity index is 723. The highest BCUT2D eigenvalue weighted by Gasteiger charge is 2.19. The minimum atomic E-state index is -0.500. The third-order valence-corrected chi connectivity index (χ3v) is 5.74. The maximum Gasteiger partial charge on any atom is 0.310 e. The van der Waals surface area contributed by atoms with Crippen LogP contribution < -0.4 is 0 Å². The molecule has 5 heteroatoms. The number of likely N-dealkylation sites (tertiary alicyclic amines) is 1. The average molecular weight is 464 g/mol. The number of carbonyl (C=O) groups is 2. The van der Waals surface area contributed by atoms with Gasteiger partial charge in [0.05, 0.1) is 18.6 Å². The molecule has 33 heavy (non-hydrogen) atoms. The quantitative estimate of drug-likeness (QED) is 0.447. The fourth-order valence-corrected chi connectivity index (χ4v) is 4.23. The number of rotatable bonds is 7. The fourth-order valence-electron chi connectivity index (χ4n) is 4.23. The maximum absolute atomic E-state index is 11.9. The summed E-state index contributed by atoms with van der Waals surface area (Å²) in [4.78, 5) is 25.3. The lowest BCUT2D eigenvalue weighted by Crippen LogP contribution is -2.24. The van der Waals surface area contributed by atoms with E-state index in [0.29, 0.717) is 13.0 Å². The molecule has 0 atom stereocenters. The topological polar surface area (TPSA) is 66.8 Å². The van der Waals surface area contributed by atoms with Crippen LogP contribution in [0.2, 0.25) is 0 Å². The Balaban J connectivity index is 0.000000692. The summed E-state index contributed by atoms with van der Waals surface area (Å²) in [7, 11) is 2.19. The number of nitrogens with zero attached hydrogens (tertiary/aromatic N) is 1. The summed E-state index contributed by atoms with van der Waals surface area (Å²) in [6, 6.07) is 0. The highest BCUT2D eigenvalue weighted by molar-refractivity contribution is 5.75. The third-order valence-electron chi connectivity index (χ3n) is 5.74. The highest BCUT2D eigenvalue weighted by Crippen LogP contribution is 2.29. The van der Waals surface area contributed by atoms with Crippen molar-refractivity contribution in [2.75, 3.05) is 26.7 Å². The summed E-state index contributed by atoms with van der Waals surface area (Å²) in [5, 5.41) is 8.52. The number of esters is 1. The van der Waals surface area contributed by atoms with Crippen LogP contribution in [0.3, 0.4) is 0 Å². The van der Waals surface area contributed by atoms with Gasteiger partial charge in [0.15, 0.2) is 0 Å². The van der Waals surface area contributed by atoms with Crippen molar-refractivity contribution in [1.82, 2.24) is 4.90 Å². The van der Waals surface area contributed by atoms with E-state index >= 15 is 0 Å². The number of aldehydes is 1. The van der Waals surface area contributed by atoms with Crippen LogP contribution in [0.25, 0.3) is 0 Å². The monoisotopic (exact) mass is 463 g/mol. The summed E-state index contributed by atoms with van der Waals surface area (Å²) in [5.74, 6) is -0.224. The van der Waals surface area contributed by atoms with Crippen molar-refractivity contribution in [3.63, 3.8) is 0 Å². The van der Waals surface area contributed by atoms with E-state index in [-0.39, 0.29) is 12.4 Å². The number of hydrogen-bond acceptors (Lipinski definition) is 5. The molecule has 2 rings (SSSR count). The number of benzene rings is 1. The van der Waals surface area contributed by atoms with Gasteiger partial charge in [0.1, 0.15) is 6.29 Å². The van der Waals surface area contributed by atoms with Crippen molar-refractivity contribution >= 4 is 12.3 Å². The number of piperidine rings is 1. The largest absolute Gasteiger partial charge is 0.466 e. The molecule has 1 aromatic carbocycles. The number of aliphatic hydroxyl groups is 1. The van der Waals surface area contributed by atoms with E-state index in [9.17, 15) is 9.59 Å². The smallest absolute Gasteiger partial charge is 0.310 e. The van der Waals surface area contributed by atoms with Crippen LogP contribution in [0.4, 0.5) is 0 Å². The Morgan fingerprint density at radius 3 is 1.73 bits per heavy atom. The van der Waals surface area contributed by atoms with Gasteiger partial charge in [0, 0.05) is 6.42 Å². The first-order valence-electron chi connectivity index (χ1n) is 12.5. The summed E-state index contributed by atoms with van der Waals surface area (Å²) >= 11 is 0. The van der Waals surface area contributed by atoms with Crippen LogP contribution in [0.1, 0.15) is 94.2 Å². The standard InChI is InChI=1S/C18H26O3.C6H13N.C4H10O/c1-6-14-12(4)16(9-10-19)17(11-18(20)21-8-3)13(5)15(14)7-2;1-7-5-3-2-4-6-7;1-4(2,3)5/h10H,6-9,11H2,1-5H3;2-6H2,1H3;5H,1-3H3. The minimum Gasteiger partial charge on any atom is -0.466 e. The molecule has 0 amide bonds. The van der Waals surface area contributed by atoms with Gasteiger partial charge in [-0.25, -0.2) is 0 Å². The first-order valence-corrected chi connectivity index (χ1v) is 12.5. The molecular formula is C28H49NO4. The molecule has 1 aromatic rings. The highest BCUT2D eigenvalue weighted by atomic mass is 16.5. The average Bonchev–Trinajstić information content (AvgIpc) is 2.73. The predicted octanol–water partition coefficient (Wildman–Crippen LogP) is 5.15. The molecular weight excluding hydrogens is 414 g/mol. The molecule has 1 saturated heterocycles. The Kier molecular flexibility index (Phi) is 15.2. The summed E-state index contributed by atoms with van der Waals surface area (Å²) < 4.78 is 5.08. The van der Waals surface area contributed by atoms with Crippen molar-refractivity contribution in [2.45, 2.75) is 106 Å². The number of carbonyl (C=O) groups excluding carboxylic acids is 2. The van der Waals surface area contributed by atoms with Gasteiger partial charge < -0.3 is 19.5 Å². The first-order chi connectivity index (χ1) is 15.4. The molecule has 1 aliphatic heterocycles. The van der Waals surface area contributed by atoms with Gasteiger partial charge >= 0.3 is 5.97 Å². The van der Waals surface area contributed by atoms with Crippen LogP contribution in [-0.2, 0) is 40.0 Å². The van der Waals surface area contributed by atoms with E-state index in [0.717, 1.165) is 41.4 Å². The lowest BCUT2D eigenvalue weighted by molar-refractivity contribution is -0.142. The SMILES string of the molecule is CC(C)(C)O.CCOC(=O)Cc1c(C)c(CC)c(CC)c(C)c1CC=O.CN1CCCCC1. The van der Waals surface area contributed by atoms with Crippen LogP contribution in [0.15, 0.2) is 0 Å². The summed E-state index contributed by atoms with van der Waals surface area (Å²) in [6.07, 6.45) is 7.69. The maximum atomic E-state index is 11.9. The number of hydrogen-bond donors (Lipinski definition) is 1. The van der Waals surface area contributed by atoms with Crippen molar-refractivity contribution in [3.05, 3.63) is 33.4 Å². The summed E-state index contributed by atoms with van der Waals surface area (Å²) in [5.41, 5.74) is 6.41. The molecule has 1 heterocycles. The van der Waals surface area contributed by atoms with Gasteiger partial charge in [-0.2, -0.15) is 0 Å². The van der Waals surface area contributed by atoms with Crippen LogP contribution in [0, 0.1) is 13.8 Å². The second-order valence-electron chi connectivity index (χ2n) is 9.76. The molecule has 0 unspecified atom stereocenters. The lowest BCUT2D eigenvalue weighted by Gasteiger charge is -2.22. The van der Waals surface area contributed by atoms with Crippen molar-refractivity contribution in [1.29, 1.82) is 0 Å². The summed E-state index contributed by atoms with van der Waals surface area (Å²) in [6.45, 7) is 18.4. The third kappa shape index (κ3) is 12.4. The van der Waals surface area contributed by atoms with Crippen molar-refractivity contribution < 1.29 is 19.4 Å². The van der Waals surface area contributed by atoms with Gasteiger partial charge in [-0.05, 0) is 121 Å². The van der Waals surface area contributed by atoms with E-state index in [4.69, 9.17) is 9.84 Å². The fraction of sp³-hybridized carbons (Fsp3) is 0.714. The molecule has 0 spiro atoms. The van der Waals surface area contributed by atoms with E-state index in [2.05, 4.69) is 39.6 Å². The van der Waals surface area contributed by atoms with Crippen molar-refractivity contribution in [2.24, 2.45) is 0 Å². The van der Waals surface area contributed by atoms with E-state index < -0.39 is 5.60 Å². The van der Waals surface area contributed by atoms with Gasteiger partial charge in [0.2, 0.25) is 0 Å². The molecule has 0 radical (unpaired) electrons. The molecule has 1 fully saturated rings. The van der Waals surface area contributed by atoms with Crippen LogP contribution in [0.5, 0.6) is 0 Å². The second-order valence-corrected chi connectivity index (χ2v) is 9.76. The zero-order chi connectivity index (χ0) is 25.6. The Hall–Kier alpha value is -1.72. The van der Waals surface area contributed by atoms with E-state index in [1.807, 2.05) is 0 Å². The normalized spacial score (nSPS) is 13.9. The van der Waals surface area contributed by atoms with Gasteiger partial charge in [0.25, 0.3) is 0 Å². The molecule has 0 aromatic heterocycles. The first kappa shape index (κ1) is 31.3. The molecule has 0 aliphatic carbocycles. The molecule has 0 saturated carbocycles. The zero-order valence-corrected chi connectivity index (χ0v) is 22.8. The Labute approximate surface area is 202 Å². The lowest BCUT2D eigenvalue weighted by atomic mass is 9.83. The van der Waals surface area contributed by atoms with Gasteiger partial charge in [-0.15, -0.1) is 0 Å². The molecule has 1 aliphatic rings. The minimum absolute atomic E-state index is 0.224. The molecule has 0 bridgehead atoms.